The molecular weight excluding hydrogens is 254 g/mol. The normalized spacial score (nSPS) is 29.0. The van der Waals surface area contributed by atoms with E-state index in [4.69, 9.17) is 0 Å². The molecule has 0 aromatic heterocycles. The van der Waals surface area contributed by atoms with Gasteiger partial charge in [-0.1, -0.05) is 31.0 Å². The van der Waals surface area contributed by atoms with Gasteiger partial charge >= 0.3 is 5.97 Å². The van der Waals surface area contributed by atoms with Crippen molar-refractivity contribution in [1.82, 2.24) is 4.90 Å². The molecule has 2 fully saturated rings. The highest BCUT2D eigenvalue weighted by Gasteiger charge is 2.47. The summed E-state index contributed by atoms with van der Waals surface area (Å²) in [6, 6.07) is 8.47. The third kappa shape index (κ3) is 2.19. The second kappa shape index (κ2) is 5.27. The molecule has 20 heavy (non-hydrogen) atoms. The van der Waals surface area contributed by atoms with Gasteiger partial charge in [-0.25, -0.2) is 4.79 Å². The Kier molecular flexibility index (Phi) is 3.47. The minimum Gasteiger partial charge on any atom is -0.480 e. The SMILES string of the molecule is O=C(O)[C@H]1CC2CCCC[C@@H]2N1C(=O)c1ccccc1. The van der Waals surface area contributed by atoms with E-state index in [1.165, 1.54) is 0 Å². The van der Waals surface area contributed by atoms with Crippen LogP contribution in [0.3, 0.4) is 0 Å². The largest absolute Gasteiger partial charge is 0.480 e. The number of amides is 1. The zero-order valence-electron chi connectivity index (χ0n) is 11.4. The van der Waals surface area contributed by atoms with Crippen molar-refractivity contribution < 1.29 is 14.7 Å². The van der Waals surface area contributed by atoms with Crippen molar-refractivity contribution in [3.8, 4) is 0 Å². The molecule has 3 atom stereocenters. The van der Waals surface area contributed by atoms with Crippen LogP contribution >= 0.6 is 0 Å². The number of aliphatic carboxylic acids is 1. The second-order valence-corrected chi connectivity index (χ2v) is 5.78. The van der Waals surface area contributed by atoms with Gasteiger partial charge in [0.2, 0.25) is 0 Å². The van der Waals surface area contributed by atoms with Crippen molar-refractivity contribution in [2.75, 3.05) is 0 Å². The summed E-state index contributed by atoms with van der Waals surface area (Å²) >= 11 is 0. The smallest absolute Gasteiger partial charge is 0.326 e. The fourth-order valence-corrected chi connectivity index (χ4v) is 3.70. The van der Waals surface area contributed by atoms with Crippen LogP contribution in [0.1, 0.15) is 42.5 Å². The van der Waals surface area contributed by atoms with E-state index in [0.29, 0.717) is 17.9 Å². The van der Waals surface area contributed by atoms with Crippen LogP contribution in [0, 0.1) is 5.92 Å². The van der Waals surface area contributed by atoms with Crippen molar-refractivity contribution >= 4 is 11.9 Å². The van der Waals surface area contributed by atoms with Gasteiger partial charge in [0.25, 0.3) is 5.91 Å². The van der Waals surface area contributed by atoms with E-state index in [2.05, 4.69) is 0 Å². The van der Waals surface area contributed by atoms with Gasteiger partial charge in [-0.15, -0.1) is 0 Å². The molecule has 1 aliphatic heterocycles. The van der Waals surface area contributed by atoms with Crippen LogP contribution in [0.25, 0.3) is 0 Å². The molecule has 1 heterocycles. The lowest BCUT2D eigenvalue weighted by atomic mass is 9.84. The number of fused-ring (bicyclic) bond motifs is 1. The lowest BCUT2D eigenvalue weighted by Crippen LogP contribution is -2.46. The average Bonchev–Trinajstić information content (AvgIpc) is 2.87. The van der Waals surface area contributed by atoms with E-state index in [1.807, 2.05) is 18.2 Å². The van der Waals surface area contributed by atoms with Gasteiger partial charge in [-0.3, -0.25) is 4.79 Å². The summed E-state index contributed by atoms with van der Waals surface area (Å²) in [6.45, 7) is 0. The van der Waals surface area contributed by atoms with Crippen LogP contribution in [0.4, 0.5) is 0 Å². The summed E-state index contributed by atoms with van der Waals surface area (Å²) in [6.07, 6.45) is 4.84. The average molecular weight is 273 g/mol. The number of carbonyl (C=O) groups is 2. The highest BCUT2D eigenvalue weighted by molar-refractivity contribution is 5.97. The van der Waals surface area contributed by atoms with Crippen LogP contribution in [0.2, 0.25) is 0 Å². The van der Waals surface area contributed by atoms with E-state index >= 15 is 0 Å². The predicted octanol–water partition coefficient (Wildman–Crippen LogP) is 2.54. The molecule has 4 heteroatoms. The molecule has 1 aromatic rings. The standard InChI is InChI=1S/C16H19NO3/c18-15(11-6-2-1-3-7-11)17-13-9-5-4-8-12(13)10-14(17)16(19)20/h1-3,6-7,12-14H,4-5,8-10H2,(H,19,20)/t12?,13-,14+/m0/s1. The number of likely N-dealkylation sites (tertiary alicyclic amines) is 1. The first-order valence-electron chi connectivity index (χ1n) is 7.29. The molecule has 3 rings (SSSR count). The van der Waals surface area contributed by atoms with Gasteiger partial charge in [0.15, 0.2) is 0 Å². The molecule has 2 aliphatic rings. The van der Waals surface area contributed by atoms with Crippen molar-refractivity contribution in [3.63, 3.8) is 0 Å². The summed E-state index contributed by atoms with van der Waals surface area (Å²) in [5.74, 6) is -0.645. The fraction of sp³-hybridized carbons (Fsp3) is 0.500. The van der Waals surface area contributed by atoms with Crippen LogP contribution in [-0.2, 0) is 4.79 Å². The third-order valence-electron chi connectivity index (χ3n) is 4.63. The van der Waals surface area contributed by atoms with Gasteiger partial charge in [-0.05, 0) is 37.3 Å². The molecule has 1 saturated heterocycles. The number of carboxylic acid groups (broad SMARTS) is 1. The zero-order valence-corrected chi connectivity index (χ0v) is 11.4. The van der Waals surface area contributed by atoms with E-state index in [-0.39, 0.29) is 11.9 Å². The summed E-state index contributed by atoms with van der Waals surface area (Å²) in [5, 5.41) is 9.43. The number of carbonyl (C=O) groups excluding carboxylic acids is 1. The van der Waals surface area contributed by atoms with Crippen molar-refractivity contribution in [2.45, 2.75) is 44.2 Å². The summed E-state index contributed by atoms with van der Waals surface area (Å²) in [5.41, 5.74) is 0.588. The van der Waals surface area contributed by atoms with Crippen LogP contribution < -0.4 is 0 Å². The molecular formula is C16H19NO3. The van der Waals surface area contributed by atoms with E-state index in [1.54, 1.807) is 17.0 Å². The Balaban J connectivity index is 1.91. The maximum atomic E-state index is 12.7. The van der Waals surface area contributed by atoms with E-state index in [0.717, 1.165) is 25.7 Å². The summed E-state index contributed by atoms with van der Waals surface area (Å²) < 4.78 is 0. The van der Waals surface area contributed by atoms with Gasteiger partial charge in [0.1, 0.15) is 6.04 Å². The summed E-state index contributed by atoms with van der Waals surface area (Å²) in [4.78, 5) is 25.8. The zero-order chi connectivity index (χ0) is 14.1. The van der Waals surface area contributed by atoms with Crippen LogP contribution in [-0.4, -0.2) is 34.0 Å². The molecule has 1 N–H and O–H groups in total. The number of carboxylic acids is 1. The number of benzene rings is 1. The Hall–Kier alpha value is -1.84. The van der Waals surface area contributed by atoms with Crippen molar-refractivity contribution in [3.05, 3.63) is 35.9 Å². The maximum Gasteiger partial charge on any atom is 0.326 e. The van der Waals surface area contributed by atoms with E-state index < -0.39 is 12.0 Å². The molecule has 1 amide bonds. The van der Waals surface area contributed by atoms with Gasteiger partial charge in [0, 0.05) is 11.6 Å². The van der Waals surface area contributed by atoms with Crippen LogP contribution in [0.15, 0.2) is 30.3 Å². The van der Waals surface area contributed by atoms with Crippen molar-refractivity contribution in [1.29, 1.82) is 0 Å². The second-order valence-electron chi connectivity index (χ2n) is 5.78. The Morgan fingerprint density at radius 3 is 2.50 bits per heavy atom. The number of nitrogens with zero attached hydrogens (tertiary/aromatic N) is 1. The quantitative estimate of drug-likeness (QED) is 0.901. The molecule has 0 spiro atoms. The lowest BCUT2D eigenvalue weighted by Gasteiger charge is -2.33. The molecule has 4 nitrogen and oxygen atoms in total. The monoisotopic (exact) mass is 273 g/mol. The topological polar surface area (TPSA) is 57.6 Å². The molecule has 106 valence electrons. The van der Waals surface area contributed by atoms with Gasteiger partial charge in [0.05, 0.1) is 0 Å². The number of hydrogen-bond acceptors (Lipinski definition) is 2. The Labute approximate surface area is 118 Å². The molecule has 1 unspecified atom stereocenters. The first-order chi connectivity index (χ1) is 9.68. The molecule has 1 aliphatic carbocycles. The molecule has 0 radical (unpaired) electrons. The first kappa shape index (κ1) is 13.2. The van der Waals surface area contributed by atoms with Gasteiger partial charge < -0.3 is 10.0 Å². The van der Waals surface area contributed by atoms with Gasteiger partial charge in [-0.2, -0.15) is 0 Å². The Morgan fingerprint density at radius 2 is 1.80 bits per heavy atom. The first-order valence-corrected chi connectivity index (χ1v) is 7.29. The Bertz CT molecular complexity index is 514. The van der Waals surface area contributed by atoms with Crippen molar-refractivity contribution in [2.24, 2.45) is 5.92 Å². The maximum absolute atomic E-state index is 12.7. The molecule has 0 bridgehead atoms. The number of rotatable bonds is 2. The minimum absolute atomic E-state index is 0.109. The molecule has 1 saturated carbocycles. The number of hydrogen-bond donors (Lipinski definition) is 1. The minimum atomic E-state index is -0.872. The third-order valence-corrected chi connectivity index (χ3v) is 4.63. The highest BCUT2D eigenvalue weighted by atomic mass is 16.4. The lowest BCUT2D eigenvalue weighted by molar-refractivity contribution is -0.141. The fourth-order valence-electron chi connectivity index (χ4n) is 3.70. The predicted molar refractivity (Wildman–Crippen MR) is 74.4 cm³/mol. The summed E-state index contributed by atoms with van der Waals surface area (Å²) in [7, 11) is 0. The van der Waals surface area contributed by atoms with E-state index in [9.17, 15) is 14.7 Å². The Morgan fingerprint density at radius 1 is 1.10 bits per heavy atom. The van der Waals surface area contributed by atoms with Crippen LogP contribution in [0.5, 0.6) is 0 Å². The molecule has 1 aromatic carbocycles. The highest BCUT2D eigenvalue weighted by Crippen LogP contribution is 2.40.